The van der Waals surface area contributed by atoms with Gasteiger partial charge in [-0.25, -0.2) is 23.4 Å². The molecule has 2 aliphatic heterocycles. The maximum absolute atomic E-state index is 12.9. The summed E-state index contributed by atoms with van der Waals surface area (Å²) in [5.41, 5.74) is -0.179. The van der Waals surface area contributed by atoms with Crippen molar-refractivity contribution in [3.8, 4) is 0 Å². The molecular formula is C16H6O7S. The molecule has 0 spiro atoms. The average molecular weight is 342 g/mol. The maximum Gasteiger partial charge on any atom is 0.348 e. The first kappa shape index (κ1) is 14.5. The van der Waals surface area contributed by atoms with E-state index in [1.54, 1.807) is 0 Å². The van der Waals surface area contributed by atoms with Crippen LogP contribution in [-0.2, 0) is 20.3 Å². The molecule has 0 saturated carbocycles. The van der Waals surface area contributed by atoms with Crippen molar-refractivity contribution in [2.45, 2.75) is 9.79 Å². The molecule has 2 aromatic rings. The molecule has 0 radical (unpaired) electrons. The highest BCUT2D eigenvalue weighted by Gasteiger charge is 2.37. The summed E-state index contributed by atoms with van der Waals surface area (Å²) in [6.07, 6.45) is 0. The molecule has 2 aromatic carbocycles. The van der Waals surface area contributed by atoms with Crippen molar-refractivity contribution in [3.05, 3.63) is 58.7 Å². The van der Waals surface area contributed by atoms with Crippen molar-refractivity contribution in [2.75, 3.05) is 0 Å². The Balaban J connectivity index is 1.92. The molecule has 118 valence electrons. The summed E-state index contributed by atoms with van der Waals surface area (Å²) in [5.74, 6) is -3.43. The summed E-state index contributed by atoms with van der Waals surface area (Å²) in [6, 6.07) is 8.48. The summed E-state index contributed by atoms with van der Waals surface area (Å²) >= 11 is 0. The van der Waals surface area contributed by atoms with E-state index in [0.717, 1.165) is 0 Å². The molecular weight excluding hydrogens is 336 g/mol. The fourth-order valence-corrected chi connectivity index (χ4v) is 4.03. The second-order valence-electron chi connectivity index (χ2n) is 4.98. The first-order chi connectivity index (χ1) is 11.5. The van der Waals surface area contributed by atoms with Crippen LogP contribution in [-0.4, -0.2) is 28.1 Å². The molecule has 0 saturated heterocycles. The van der Waals surface area contributed by atoms with Gasteiger partial charge in [-0.05, 0) is 24.3 Å². The topological polar surface area (TPSA) is 104 Å². The lowest BCUT2D eigenvalue weighted by Crippen LogP contribution is -2.07. The fraction of sp³-hybridized carbons (Fsp3) is 0. The summed E-state index contributed by atoms with van der Waals surface area (Å²) < 4.78 is 22.0. The van der Waals surface area contributed by atoms with Gasteiger partial charge in [0.1, 0.15) is 0 Å². The Bertz CT molecular complexity index is 926. The van der Waals surface area contributed by atoms with Crippen LogP contribution in [0.1, 0.15) is 41.4 Å². The van der Waals surface area contributed by atoms with Gasteiger partial charge in [0, 0.05) is 0 Å². The number of cyclic esters (lactones) is 4. The number of hydrogen-bond donors (Lipinski definition) is 0. The van der Waals surface area contributed by atoms with E-state index in [4.69, 9.17) is 0 Å². The van der Waals surface area contributed by atoms with Gasteiger partial charge in [0.25, 0.3) is 0 Å². The highest BCUT2D eigenvalue weighted by atomic mass is 32.2. The summed E-state index contributed by atoms with van der Waals surface area (Å²) in [6.45, 7) is 0. The van der Waals surface area contributed by atoms with Crippen molar-refractivity contribution in [1.29, 1.82) is 0 Å². The largest absolute Gasteiger partial charge is 0.386 e. The predicted molar refractivity (Wildman–Crippen MR) is 77.1 cm³/mol. The summed E-state index contributed by atoms with van der Waals surface area (Å²) in [4.78, 5) is 47.0. The molecule has 8 heteroatoms. The molecule has 0 amide bonds. The van der Waals surface area contributed by atoms with Crippen LogP contribution in [0.25, 0.3) is 0 Å². The number of hydrogen-bond acceptors (Lipinski definition) is 7. The lowest BCUT2D eigenvalue weighted by atomic mass is 10.1. The van der Waals surface area contributed by atoms with Crippen molar-refractivity contribution in [2.24, 2.45) is 0 Å². The summed E-state index contributed by atoms with van der Waals surface area (Å²) in [5, 5.41) is 0. The normalized spacial score (nSPS) is 15.4. The Morgan fingerprint density at radius 2 is 1.04 bits per heavy atom. The van der Waals surface area contributed by atoms with Gasteiger partial charge in [0.15, 0.2) is 0 Å². The zero-order valence-corrected chi connectivity index (χ0v) is 12.5. The SMILES string of the molecule is O=C1OC(=O)c2c1cccc2S(=O)c1cccc2c1C(=O)OC2=O. The zero-order valence-electron chi connectivity index (χ0n) is 11.7. The van der Waals surface area contributed by atoms with Crippen LogP contribution in [0, 0.1) is 0 Å². The van der Waals surface area contributed by atoms with Crippen LogP contribution < -0.4 is 0 Å². The van der Waals surface area contributed by atoms with Crippen LogP contribution in [0.4, 0.5) is 0 Å². The third kappa shape index (κ3) is 1.86. The second kappa shape index (κ2) is 4.93. The van der Waals surface area contributed by atoms with E-state index in [1.165, 1.54) is 36.4 Å². The molecule has 0 atom stereocenters. The van der Waals surface area contributed by atoms with E-state index in [2.05, 4.69) is 9.47 Å². The monoisotopic (exact) mass is 342 g/mol. The molecule has 0 aliphatic carbocycles. The Morgan fingerprint density at radius 1 is 0.625 bits per heavy atom. The van der Waals surface area contributed by atoms with Crippen LogP contribution in [0.2, 0.25) is 0 Å². The predicted octanol–water partition coefficient (Wildman–Crippen LogP) is 1.47. The zero-order chi connectivity index (χ0) is 17.0. The van der Waals surface area contributed by atoms with Gasteiger partial charge < -0.3 is 9.47 Å². The standard InChI is InChI=1S/C16H6O7S/c17-13-7-3-1-5-9(11(7)15(19)22-13)24(21)10-6-2-4-8-12(10)16(20)23-14(8)18/h1-6H. The van der Waals surface area contributed by atoms with Crippen molar-refractivity contribution >= 4 is 34.7 Å². The number of benzene rings is 2. The smallest absolute Gasteiger partial charge is 0.348 e. The quantitative estimate of drug-likeness (QED) is 0.601. The highest BCUT2D eigenvalue weighted by Crippen LogP contribution is 2.32. The molecule has 2 aliphatic rings. The fourth-order valence-electron chi connectivity index (χ4n) is 2.63. The average Bonchev–Trinajstić information content (AvgIpc) is 3.03. The Hall–Kier alpha value is -3.13. The lowest BCUT2D eigenvalue weighted by Gasteiger charge is -2.07. The van der Waals surface area contributed by atoms with Gasteiger partial charge in [-0.1, -0.05) is 12.1 Å². The minimum absolute atomic E-state index is 0.0112. The van der Waals surface area contributed by atoms with Gasteiger partial charge in [0.2, 0.25) is 0 Å². The number of fused-ring (bicyclic) bond motifs is 2. The van der Waals surface area contributed by atoms with Gasteiger partial charge in [-0.15, -0.1) is 0 Å². The number of carbonyl (C=O) groups is 4. The van der Waals surface area contributed by atoms with Crippen molar-refractivity contribution in [3.63, 3.8) is 0 Å². The van der Waals surface area contributed by atoms with Gasteiger partial charge in [-0.3, -0.25) is 0 Å². The van der Waals surface area contributed by atoms with E-state index in [1.807, 2.05) is 0 Å². The Morgan fingerprint density at radius 3 is 1.46 bits per heavy atom. The number of rotatable bonds is 2. The minimum atomic E-state index is -1.99. The van der Waals surface area contributed by atoms with E-state index < -0.39 is 34.7 Å². The molecule has 0 aromatic heterocycles. The summed E-state index contributed by atoms with van der Waals surface area (Å²) in [7, 11) is -1.99. The van der Waals surface area contributed by atoms with Gasteiger partial charge in [-0.2, -0.15) is 0 Å². The third-order valence-corrected chi connectivity index (χ3v) is 5.15. The molecule has 24 heavy (non-hydrogen) atoms. The maximum atomic E-state index is 12.9. The first-order valence-corrected chi connectivity index (χ1v) is 7.85. The lowest BCUT2D eigenvalue weighted by molar-refractivity contribution is 0.0424. The highest BCUT2D eigenvalue weighted by molar-refractivity contribution is 7.85. The van der Waals surface area contributed by atoms with E-state index in [-0.39, 0.29) is 32.0 Å². The van der Waals surface area contributed by atoms with Crippen LogP contribution >= 0.6 is 0 Å². The third-order valence-electron chi connectivity index (χ3n) is 3.67. The second-order valence-corrected chi connectivity index (χ2v) is 6.40. The molecule has 0 unspecified atom stereocenters. The molecule has 2 heterocycles. The van der Waals surface area contributed by atoms with E-state index >= 15 is 0 Å². The molecule has 0 fully saturated rings. The van der Waals surface area contributed by atoms with Crippen molar-refractivity contribution in [1.82, 2.24) is 0 Å². The molecule has 0 N–H and O–H groups in total. The van der Waals surface area contributed by atoms with Crippen molar-refractivity contribution < 1.29 is 32.9 Å². The molecule has 4 rings (SSSR count). The Labute approximate surface area is 136 Å². The number of carbonyl (C=O) groups excluding carboxylic acids is 4. The molecule has 7 nitrogen and oxygen atoms in total. The molecule has 0 bridgehead atoms. The Kier molecular flexibility index (Phi) is 2.97. The van der Waals surface area contributed by atoms with Gasteiger partial charge in [0.05, 0.1) is 42.8 Å². The van der Waals surface area contributed by atoms with Gasteiger partial charge >= 0.3 is 23.9 Å². The number of esters is 4. The van der Waals surface area contributed by atoms with Crippen LogP contribution in [0.5, 0.6) is 0 Å². The van der Waals surface area contributed by atoms with E-state index in [0.29, 0.717) is 0 Å². The van der Waals surface area contributed by atoms with Crippen LogP contribution in [0.3, 0.4) is 0 Å². The minimum Gasteiger partial charge on any atom is -0.386 e. The number of ether oxygens (including phenoxy) is 2. The van der Waals surface area contributed by atoms with Crippen LogP contribution in [0.15, 0.2) is 46.2 Å². The van der Waals surface area contributed by atoms with E-state index in [9.17, 15) is 23.4 Å². The first-order valence-electron chi connectivity index (χ1n) is 6.70.